The fraction of sp³-hybridized carbons (Fsp3) is 0.400. The van der Waals surface area contributed by atoms with Crippen LogP contribution < -0.4 is 24.8 Å². The van der Waals surface area contributed by atoms with E-state index in [2.05, 4.69) is 20.6 Å². The summed E-state index contributed by atoms with van der Waals surface area (Å²) >= 11 is 0. The zero-order chi connectivity index (χ0) is 24.7. The average Bonchev–Trinajstić information content (AvgIpc) is 3.21. The molecule has 0 saturated heterocycles. The summed E-state index contributed by atoms with van der Waals surface area (Å²) in [6.07, 6.45) is 0. The molecule has 1 heterocycles. The molecule has 182 valence electrons. The van der Waals surface area contributed by atoms with Crippen molar-refractivity contribution in [1.29, 1.82) is 0 Å². The first-order valence-electron chi connectivity index (χ1n) is 11.5. The molecule has 1 aromatic heterocycles. The van der Waals surface area contributed by atoms with E-state index < -0.39 is 11.9 Å². The summed E-state index contributed by atoms with van der Waals surface area (Å²) in [5.41, 5.74) is 1.85. The fourth-order valence-corrected chi connectivity index (χ4v) is 3.49. The number of H-pyrrole nitrogens is 1. The number of nitrogens with zero attached hydrogens (tertiary/aromatic N) is 1. The molecule has 0 aliphatic heterocycles. The Morgan fingerprint density at radius 2 is 1.59 bits per heavy atom. The van der Waals surface area contributed by atoms with Gasteiger partial charge >= 0.3 is 0 Å². The number of amides is 2. The molecule has 1 atom stereocenters. The Labute approximate surface area is 199 Å². The number of para-hydroxylation sites is 2. The zero-order valence-electron chi connectivity index (χ0n) is 20.2. The van der Waals surface area contributed by atoms with Crippen LogP contribution in [0.25, 0.3) is 11.0 Å². The van der Waals surface area contributed by atoms with Gasteiger partial charge in [0.2, 0.25) is 17.6 Å². The van der Waals surface area contributed by atoms with Crippen molar-refractivity contribution < 1.29 is 23.8 Å². The van der Waals surface area contributed by atoms with Gasteiger partial charge in [-0.25, -0.2) is 4.98 Å². The van der Waals surface area contributed by atoms with Crippen LogP contribution in [-0.4, -0.2) is 47.6 Å². The first-order valence-corrected chi connectivity index (χ1v) is 11.5. The standard InChI is InChI=1S/C25H32N4O5/c1-6-32-19-13-16(14-20(33-7-2)22(19)34-8-3)23(30)28-21(15(4)5)24(31)29-25-26-17-11-9-10-12-18(17)27-25/h9-15,21H,6-8H2,1-5H3,(H,28,30)(H2,26,27,29,31)/t21-/m0/s1. The van der Waals surface area contributed by atoms with Gasteiger partial charge in [0, 0.05) is 5.56 Å². The van der Waals surface area contributed by atoms with E-state index in [9.17, 15) is 9.59 Å². The van der Waals surface area contributed by atoms with Gasteiger partial charge in [-0.15, -0.1) is 0 Å². The average molecular weight is 469 g/mol. The van der Waals surface area contributed by atoms with Crippen LogP contribution in [0.5, 0.6) is 17.2 Å². The topological polar surface area (TPSA) is 115 Å². The van der Waals surface area contributed by atoms with Crippen LogP contribution in [0.4, 0.5) is 5.95 Å². The second-order valence-corrected chi connectivity index (χ2v) is 7.89. The molecule has 3 N–H and O–H groups in total. The van der Waals surface area contributed by atoms with E-state index in [1.807, 2.05) is 58.9 Å². The van der Waals surface area contributed by atoms with Crippen LogP contribution in [0.3, 0.4) is 0 Å². The molecule has 0 saturated carbocycles. The Morgan fingerprint density at radius 1 is 0.971 bits per heavy atom. The third-order valence-electron chi connectivity index (χ3n) is 5.04. The summed E-state index contributed by atoms with van der Waals surface area (Å²) in [5, 5.41) is 5.60. The minimum Gasteiger partial charge on any atom is -0.490 e. The Balaban J connectivity index is 1.83. The van der Waals surface area contributed by atoms with E-state index in [0.29, 0.717) is 48.6 Å². The predicted octanol–water partition coefficient (Wildman–Crippen LogP) is 4.15. The Bertz CT molecular complexity index is 1080. The van der Waals surface area contributed by atoms with E-state index in [1.54, 1.807) is 12.1 Å². The number of aromatic amines is 1. The number of carbonyl (C=O) groups is 2. The molecule has 0 aliphatic rings. The van der Waals surface area contributed by atoms with E-state index >= 15 is 0 Å². The lowest BCUT2D eigenvalue weighted by molar-refractivity contribution is -0.118. The van der Waals surface area contributed by atoms with Gasteiger partial charge in [-0.05, 0) is 51.0 Å². The van der Waals surface area contributed by atoms with Gasteiger partial charge in [0.15, 0.2) is 11.5 Å². The van der Waals surface area contributed by atoms with Crippen molar-refractivity contribution in [3.8, 4) is 17.2 Å². The largest absolute Gasteiger partial charge is 0.490 e. The Hall–Kier alpha value is -3.75. The maximum Gasteiger partial charge on any atom is 0.252 e. The summed E-state index contributed by atoms with van der Waals surface area (Å²) in [4.78, 5) is 33.6. The number of hydrogen-bond donors (Lipinski definition) is 3. The Morgan fingerprint density at radius 3 is 2.15 bits per heavy atom. The molecule has 3 aromatic rings. The maximum atomic E-state index is 13.2. The minimum atomic E-state index is -0.793. The highest BCUT2D eigenvalue weighted by molar-refractivity contribution is 6.01. The third-order valence-corrected chi connectivity index (χ3v) is 5.04. The van der Waals surface area contributed by atoms with Gasteiger partial charge in [0.25, 0.3) is 5.91 Å². The zero-order valence-corrected chi connectivity index (χ0v) is 20.2. The van der Waals surface area contributed by atoms with Crippen LogP contribution in [0, 0.1) is 5.92 Å². The molecule has 0 fully saturated rings. The van der Waals surface area contributed by atoms with Crippen molar-refractivity contribution in [1.82, 2.24) is 15.3 Å². The van der Waals surface area contributed by atoms with Gasteiger partial charge in [0.1, 0.15) is 6.04 Å². The highest BCUT2D eigenvalue weighted by atomic mass is 16.5. The first kappa shape index (κ1) is 24.9. The number of anilines is 1. The van der Waals surface area contributed by atoms with E-state index in [4.69, 9.17) is 14.2 Å². The lowest BCUT2D eigenvalue weighted by Gasteiger charge is -2.22. The molecular weight excluding hydrogens is 436 g/mol. The quantitative estimate of drug-likeness (QED) is 0.389. The number of benzene rings is 2. The van der Waals surface area contributed by atoms with E-state index in [1.165, 1.54) is 0 Å². The van der Waals surface area contributed by atoms with Gasteiger partial charge in [-0.1, -0.05) is 26.0 Å². The van der Waals surface area contributed by atoms with Gasteiger partial charge in [-0.2, -0.15) is 0 Å². The molecule has 9 nitrogen and oxygen atoms in total. The molecule has 0 aliphatic carbocycles. The number of aromatic nitrogens is 2. The number of carbonyl (C=O) groups excluding carboxylic acids is 2. The van der Waals surface area contributed by atoms with E-state index in [0.717, 1.165) is 11.0 Å². The number of nitrogens with one attached hydrogen (secondary N) is 3. The molecule has 34 heavy (non-hydrogen) atoms. The molecule has 2 amide bonds. The van der Waals surface area contributed by atoms with Crippen LogP contribution in [0.15, 0.2) is 36.4 Å². The van der Waals surface area contributed by atoms with Crippen molar-refractivity contribution in [3.63, 3.8) is 0 Å². The first-order chi connectivity index (χ1) is 16.4. The molecular formula is C25H32N4O5. The molecule has 9 heteroatoms. The number of imidazole rings is 1. The van der Waals surface area contributed by atoms with Crippen LogP contribution in [0.1, 0.15) is 45.0 Å². The second kappa shape index (κ2) is 11.4. The number of rotatable bonds is 11. The minimum absolute atomic E-state index is 0.172. The van der Waals surface area contributed by atoms with E-state index in [-0.39, 0.29) is 11.8 Å². The lowest BCUT2D eigenvalue weighted by atomic mass is 10.0. The number of ether oxygens (including phenoxy) is 3. The van der Waals surface area contributed by atoms with Gasteiger partial charge in [0.05, 0.1) is 30.9 Å². The molecule has 0 radical (unpaired) electrons. The summed E-state index contributed by atoms with van der Waals surface area (Å²) in [7, 11) is 0. The second-order valence-electron chi connectivity index (χ2n) is 7.89. The van der Waals surface area contributed by atoms with Gasteiger partial charge in [-0.3, -0.25) is 14.9 Å². The van der Waals surface area contributed by atoms with Crippen LogP contribution in [-0.2, 0) is 4.79 Å². The monoisotopic (exact) mass is 468 g/mol. The summed E-state index contributed by atoms with van der Waals surface area (Å²) < 4.78 is 17.1. The summed E-state index contributed by atoms with van der Waals surface area (Å²) in [5.74, 6) is 0.623. The normalized spacial score (nSPS) is 11.8. The van der Waals surface area contributed by atoms with Crippen molar-refractivity contribution in [2.45, 2.75) is 40.7 Å². The van der Waals surface area contributed by atoms with Crippen molar-refractivity contribution >= 4 is 28.8 Å². The highest BCUT2D eigenvalue weighted by Crippen LogP contribution is 2.39. The predicted molar refractivity (Wildman–Crippen MR) is 131 cm³/mol. The molecule has 3 rings (SSSR count). The van der Waals surface area contributed by atoms with Crippen molar-refractivity contribution in [2.24, 2.45) is 5.92 Å². The Kier molecular flexibility index (Phi) is 8.34. The molecule has 0 unspecified atom stereocenters. The van der Waals surface area contributed by atoms with Crippen LogP contribution in [0.2, 0.25) is 0 Å². The number of hydrogen-bond acceptors (Lipinski definition) is 6. The number of fused-ring (bicyclic) bond motifs is 1. The summed E-state index contributed by atoms with van der Waals surface area (Å²) in [6, 6.07) is 9.88. The lowest BCUT2D eigenvalue weighted by Crippen LogP contribution is -2.47. The van der Waals surface area contributed by atoms with Crippen molar-refractivity contribution in [2.75, 3.05) is 25.1 Å². The third kappa shape index (κ3) is 5.78. The molecule has 2 aromatic carbocycles. The highest BCUT2D eigenvalue weighted by Gasteiger charge is 2.27. The maximum absolute atomic E-state index is 13.2. The molecule has 0 bridgehead atoms. The fourth-order valence-electron chi connectivity index (χ4n) is 3.49. The SMILES string of the molecule is CCOc1cc(C(=O)N[C@H](C(=O)Nc2nc3ccccc3[nH]2)C(C)C)cc(OCC)c1OCC. The summed E-state index contributed by atoms with van der Waals surface area (Å²) in [6.45, 7) is 10.5. The van der Waals surface area contributed by atoms with Crippen LogP contribution >= 0.6 is 0 Å². The smallest absolute Gasteiger partial charge is 0.252 e. The van der Waals surface area contributed by atoms with Gasteiger partial charge < -0.3 is 24.5 Å². The molecule has 0 spiro atoms. The van der Waals surface area contributed by atoms with Crippen molar-refractivity contribution in [3.05, 3.63) is 42.0 Å².